The van der Waals surface area contributed by atoms with E-state index in [1.807, 2.05) is 30.3 Å². The van der Waals surface area contributed by atoms with Crippen molar-refractivity contribution in [2.75, 3.05) is 11.5 Å². The van der Waals surface area contributed by atoms with E-state index >= 15 is 0 Å². The summed E-state index contributed by atoms with van der Waals surface area (Å²) < 4.78 is 23.9. The minimum absolute atomic E-state index is 0.0964. The van der Waals surface area contributed by atoms with Crippen molar-refractivity contribution in [2.45, 2.75) is 38.6 Å². The maximum atomic E-state index is 11.9. The van der Waals surface area contributed by atoms with Crippen LogP contribution in [0.5, 0.6) is 0 Å². The van der Waals surface area contributed by atoms with E-state index in [1.165, 1.54) is 0 Å². The fraction of sp³-hybridized carbons (Fsp3) is 0.500. The monoisotopic (exact) mass is 341 g/mol. The van der Waals surface area contributed by atoms with Crippen LogP contribution in [0.15, 0.2) is 30.3 Å². The zero-order chi connectivity index (χ0) is 17.3. The standard InChI is InChI=1S/C16H23NO5S/c1-2-7-14(16(19)20)17-15(18)12-23(21,22)11-6-10-13-8-4-3-5-9-13/h3-5,8-9,14H,2,6-7,10-12H2,1H3,(H,17,18)(H,19,20). The first-order valence-electron chi connectivity index (χ1n) is 7.60. The van der Waals surface area contributed by atoms with Crippen molar-refractivity contribution in [1.29, 1.82) is 0 Å². The Bertz CT molecular complexity index is 613. The summed E-state index contributed by atoms with van der Waals surface area (Å²) in [7, 11) is -3.54. The van der Waals surface area contributed by atoms with Crippen LogP contribution in [0, 0.1) is 0 Å². The molecule has 0 heterocycles. The predicted octanol–water partition coefficient (Wildman–Crippen LogP) is 1.40. The van der Waals surface area contributed by atoms with Gasteiger partial charge in [0.15, 0.2) is 9.84 Å². The van der Waals surface area contributed by atoms with Gasteiger partial charge in [-0.1, -0.05) is 43.7 Å². The van der Waals surface area contributed by atoms with Crippen LogP contribution in [-0.4, -0.2) is 42.9 Å². The van der Waals surface area contributed by atoms with Gasteiger partial charge in [-0.3, -0.25) is 4.79 Å². The van der Waals surface area contributed by atoms with Crippen molar-refractivity contribution >= 4 is 21.7 Å². The number of hydrogen-bond donors (Lipinski definition) is 2. The van der Waals surface area contributed by atoms with Crippen molar-refractivity contribution in [3.8, 4) is 0 Å². The highest BCUT2D eigenvalue weighted by molar-refractivity contribution is 7.92. The highest BCUT2D eigenvalue weighted by Gasteiger charge is 2.22. The summed E-state index contributed by atoms with van der Waals surface area (Å²) in [6.07, 6.45) is 1.91. The molecule has 1 aromatic carbocycles. The van der Waals surface area contributed by atoms with E-state index in [9.17, 15) is 18.0 Å². The zero-order valence-electron chi connectivity index (χ0n) is 13.2. The molecule has 0 aliphatic carbocycles. The third-order valence-corrected chi connectivity index (χ3v) is 4.94. The smallest absolute Gasteiger partial charge is 0.326 e. The number of hydrogen-bond acceptors (Lipinski definition) is 4. The molecule has 1 amide bonds. The van der Waals surface area contributed by atoms with E-state index in [4.69, 9.17) is 5.11 Å². The Hall–Kier alpha value is -1.89. The molecule has 0 bridgehead atoms. The van der Waals surface area contributed by atoms with Gasteiger partial charge >= 0.3 is 5.97 Å². The number of sulfone groups is 1. The summed E-state index contributed by atoms with van der Waals surface area (Å²) in [5, 5.41) is 11.2. The quantitative estimate of drug-likeness (QED) is 0.670. The van der Waals surface area contributed by atoms with Crippen molar-refractivity contribution in [3.63, 3.8) is 0 Å². The molecule has 0 aromatic heterocycles. The maximum Gasteiger partial charge on any atom is 0.326 e. The molecular weight excluding hydrogens is 318 g/mol. The van der Waals surface area contributed by atoms with Crippen molar-refractivity contribution in [2.24, 2.45) is 0 Å². The van der Waals surface area contributed by atoms with E-state index in [2.05, 4.69) is 5.32 Å². The van der Waals surface area contributed by atoms with Gasteiger partial charge in [-0.05, 0) is 24.8 Å². The molecule has 1 atom stereocenters. The fourth-order valence-electron chi connectivity index (χ4n) is 2.19. The predicted molar refractivity (Wildman–Crippen MR) is 87.9 cm³/mol. The van der Waals surface area contributed by atoms with Gasteiger partial charge in [0, 0.05) is 0 Å². The molecule has 0 aliphatic heterocycles. The van der Waals surface area contributed by atoms with Crippen molar-refractivity contribution in [1.82, 2.24) is 5.32 Å². The molecule has 2 N–H and O–H groups in total. The molecule has 128 valence electrons. The number of carbonyl (C=O) groups is 2. The number of benzene rings is 1. The number of carbonyl (C=O) groups excluding carboxylic acids is 1. The molecule has 6 nitrogen and oxygen atoms in total. The second-order valence-electron chi connectivity index (χ2n) is 5.43. The lowest BCUT2D eigenvalue weighted by Crippen LogP contribution is -2.43. The van der Waals surface area contributed by atoms with Gasteiger partial charge in [0.05, 0.1) is 5.75 Å². The van der Waals surface area contributed by atoms with Crippen LogP contribution < -0.4 is 5.32 Å². The minimum atomic E-state index is -3.54. The maximum absolute atomic E-state index is 11.9. The molecule has 1 unspecified atom stereocenters. The first kappa shape index (κ1) is 19.2. The number of amides is 1. The Morgan fingerprint density at radius 2 is 1.87 bits per heavy atom. The lowest BCUT2D eigenvalue weighted by atomic mass is 10.1. The van der Waals surface area contributed by atoms with Gasteiger partial charge in [0.25, 0.3) is 0 Å². The Kier molecular flexibility index (Phi) is 7.74. The summed E-state index contributed by atoms with van der Waals surface area (Å²) in [6, 6.07) is 8.46. The molecule has 7 heteroatoms. The van der Waals surface area contributed by atoms with Crippen LogP contribution in [-0.2, 0) is 25.8 Å². The van der Waals surface area contributed by atoms with Gasteiger partial charge in [0.1, 0.15) is 11.8 Å². The van der Waals surface area contributed by atoms with Gasteiger partial charge in [-0.25, -0.2) is 13.2 Å². The number of carboxylic acids is 1. The zero-order valence-corrected chi connectivity index (χ0v) is 14.0. The van der Waals surface area contributed by atoms with Crippen LogP contribution in [0.4, 0.5) is 0 Å². The fourth-order valence-corrected chi connectivity index (χ4v) is 3.41. The summed E-state index contributed by atoms with van der Waals surface area (Å²) in [4.78, 5) is 22.7. The largest absolute Gasteiger partial charge is 0.480 e. The van der Waals surface area contributed by atoms with Crippen LogP contribution in [0.2, 0.25) is 0 Å². The minimum Gasteiger partial charge on any atom is -0.480 e. The van der Waals surface area contributed by atoms with E-state index in [0.717, 1.165) is 5.56 Å². The SMILES string of the molecule is CCCC(NC(=O)CS(=O)(=O)CCCc1ccccc1)C(=O)O. The topological polar surface area (TPSA) is 101 Å². The van der Waals surface area contributed by atoms with Crippen molar-refractivity contribution in [3.05, 3.63) is 35.9 Å². The van der Waals surface area contributed by atoms with Crippen LogP contribution in [0.25, 0.3) is 0 Å². The number of aliphatic carboxylic acids is 1. The van der Waals surface area contributed by atoms with Gasteiger partial charge < -0.3 is 10.4 Å². The molecule has 0 spiro atoms. The summed E-state index contributed by atoms with van der Waals surface area (Å²) in [5.41, 5.74) is 1.04. The Labute approximate surface area is 136 Å². The summed E-state index contributed by atoms with van der Waals surface area (Å²) in [5.74, 6) is -2.68. The van der Waals surface area contributed by atoms with Crippen LogP contribution >= 0.6 is 0 Å². The van der Waals surface area contributed by atoms with Crippen LogP contribution in [0.1, 0.15) is 31.7 Å². The third kappa shape index (κ3) is 7.78. The highest BCUT2D eigenvalue weighted by atomic mass is 32.2. The number of nitrogens with one attached hydrogen (secondary N) is 1. The molecule has 0 aliphatic rings. The Morgan fingerprint density at radius 1 is 1.22 bits per heavy atom. The lowest BCUT2D eigenvalue weighted by molar-refractivity contribution is -0.141. The third-order valence-electron chi connectivity index (χ3n) is 3.33. The van der Waals surface area contributed by atoms with E-state index in [0.29, 0.717) is 19.3 Å². The Balaban J connectivity index is 2.44. The highest BCUT2D eigenvalue weighted by Crippen LogP contribution is 2.05. The molecule has 1 rings (SSSR count). The van der Waals surface area contributed by atoms with Crippen molar-refractivity contribution < 1.29 is 23.1 Å². The lowest BCUT2D eigenvalue weighted by Gasteiger charge is -2.13. The molecule has 0 radical (unpaired) electrons. The number of rotatable bonds is 10. The normalized spacial score (nSPS) is 12.6. The summed E-state index contributed by atoms with van der Waals surface area (Å²) in [6.45, 7) is 1.79. The number of carboxylic acid groups (broad SMARTS) is 1. The van der Waals surface area contributed by atoms with E-state index in [1.54, 1.807) is 6.92 Å². The molecule has 0 saturated heterocycles. The molecular formula is C16H23NO5S. The second kappa shape index (κ2) is 9.29. The van der Waals surface area contributed by atoms with E-state index < -0.39 is 33.5 Å². The summed E-state index contributed by atoms with van der Waals surface area (Å²) >= 11 is 0. The van der Waals surface area contributed by atoms with Gasteiger partial charge in [-0.15, -0.1) is 0 Å². The second-order valence-corrected chi connectivity index (χ2v) is 7.61. The van der Waals surface area contributed by atoms with Crippen LogP contribution in [0.3, 0.4) is 0 Å². The Morgan fingerprint density at radius 3 is 2.43 bits per heavy atom. The molecule has 23 heavy (non-hydrogen) atoms. The number of aryl methyl sites for hydroxylation is 1. The van der Waals surface area contributed by atoms with Gasteiger partial charge in [0.2, 0.25) is 5.91 Å². The molecule has 0 fully saturated rings. The van der Waals surface area contributed by atoms with Gasteiger partial charge in [-0.2, -0.15) is 0 Å². The molecule has 1 aromatic rings. The average Bonchev–Trinajstić information content (AvgIpc) is 2.47. The average molecular weight is 341 g/mol. The first-order valence-corrected chi connectivity index (χ1v) is 9.42. The molecule has 0 saturated carbocycles. The van der Waals surface area contributed by atoms with E-state index in [-0.39, 0.29) is 12.2 Å². The first-order chi connectivity index (χ1) is 10.8.